The largest absolute Gasteiger partial charge is 0.478 e. The summed E-state index contributed by atoms with van der Waals surface area (Å²) in [7, 11) is 0. The van der Waals surface area contributed by atoms with Crippen LogP contribution in [-0.2, 0) is 0 Å². The van der Waals surface area contributed by atoms with E-state index in [-0.39, 0.29) is 0 Å². The van der Waals surface area contributed by atoms with Crippen molar-refractivity contribution < 1.29 is 9.90 Å². The molecule has 1 rings (SSSR count). The molecular weight excluding hydrogens is 234 g/mol. The molecule has 94 valence electrons. The smallest absolute Gasteiger partial charge is 0.338 e. The summed E-state index contributed by atoms with van der Waals surface area (Å²) < 4.78 is 0. The standard InChI is InChI=1S/C13H19NO2S/c1-3-4-5-9-14-10-7-6-8-11(17-2)12(10)13(15)16/h6-8,14H,3-5,9H2,1-2H3,(H,15,16). The zero-order valence-electron chi connectivity index (χ0n) is 10.3. The van der Waals surface area contributed by atoms with Gasteiger partial charge in [-0.15, -0.1) is 11.8 Å². The highest BCUT2D eigenvalue weighted by Crippen LogP contribution is 2.27. The minimum atomic E-state index is -0.868. The van der Waals surface area contributed by atoms with Crippen molar-refractivity contribution in [3.63, 3.8) is 0 Å². The van der Waals surface area contributed by atoms with Crippen molar-refractivity contribution in [3.05, 3.63) is 23.8 Å². The molecule has 1 aromatic rings. The summed E-state index contributed by atoms with van der Waals surface area (Å²) in [6.45, 7) is 2.98. The van der Waals surface area contributed by atoms with E-state index in [0.717, 1.165) is 36.4 Å². The summed E-state index contributed by atoms with van der Waals surface area (Å²) in [5.74, 6) is -0.868. The van der Waals surface area contributed by atoms with Crippen LogP contribution < -0.4 is 5.32 Å². The minimum Gasteiger partial charge on any atom is -0.478 e. The second-order valence-electron chi connectivity index (χ2n) is 3.82. The number of hydrogen-bond acceptors (Lipinski definition) is 3. The van der Waals surface area contributed by atoms with Crippen molar-refractivity contribution in [1.82, 2.24) is 0 Å². The molecule has 2 N–H and O–H groups in total. The number of aromatic carboxylic acids is 1. The molecule has 3 nitrogen and oxygen atoms in total. The van der Waals surface area contributed by atoms with Gasteiger partial charge in [-0.25, -0.2) is 4.79 Å². The highest BCUT2D eigenvalue weighted by molar-refractivity contribution is 7.98. The molecule has 0 amide bonds. The van der Waals surface area contributed by atoms with E-state index < -0.39 is 5.97 Å². The third-order valence-corrected chi connectivity index (χ3v) is 3.34. The van der Waals surface area contributed by atoms with Gasteiger partial charge < -0.3 is 10.4 Å². The third kappa shape index (κ3) is 3.97. The van der Waals surface area contributed by atoms with Gasteiger partial charge >= 0.3 is 5.97 Å². The van der Waals surface area contributed by atoms with Crippen LogP contribution >= 0.6 is 11.8 Å². The molecule has 0 heterocycles. The molecule has 0 saturated heterocycles. The quantitative estimate of drug-likeness (QED) is 0.574. The van der Waals surface area contributed by atoms with E-state index in [4.69, 9.17) is 0 Å². The van der Waals surface area contributed by atoms with Gasteiger partial charge in [0.2, 0.25) is 0 Å². The van der Waals surface area contributed by atoms with Gasteiger partial charge in [0.15, 0.2) is 0 Å². The van der Waals surface area contributed by atoms with Crippen LogP contribution in [0.4, 0.5) is 5.69 Å². The lowest BCUT2D eigenvalue weighted by Gasteiger charge is -2.12. The van der Waals surface area contributed by atoms with Crippen molar-refractivity contribution in [2.24, 2.45) is 0 Å². The molecule has 0 aliphatic heterocycles. The van der Waals surface area contributed by atoms with E-state index >= 15 is 0 Å². The summed E-state index contributed by atoms with van der Waals surface area (Å²) >= 11 is 1.46. The van der Waals surface area contributed by atoms with Crippen LogP contribution in [0.2, 0.25) is 0 Å². The molecule has 17 heavy (non-hydrogen) atoms. The summed E-state index contributed by atoms with van der Waals surface area (Å²) in [6, 6.07) is 5.56. The Bertz CT molecular complexity index is 380. The highest BCUT2D eigenvalue weighted by atomic mass is 32.2. The number of carbonyl (C=O) groups is 1. The Morgan fingerprint density at radius 1 is 1.41 bits per heavy atom. The first kappa shape index (κ1) is 13.9. The van der Waals surface area contributed by atoms with E-state index in [2.05, 4.69) is 12.2 Å². The Morgan fingerprint density at radius 2 is 2.18 bits per heavy atom. The van der Waals surface area contributed by atoms with Gasteiger partial charge in [0.1, 0.15) is 0 Å². The molecule has 0 fully saturated rings. The van der Waals surface area contributed by atoms with E-state index in [9.17, 15) is 9.90 Å². The Hall–Kier alpha value is -1.16. The first-order valence-electron chi connectivity index (χ1n) is 5.84. The van der Waals surface area contributed by atoms with E-state index in [1.165, 1.54) is 11.8 Å². The fraction of sp³-hybridized carbons (Fsp3) is 0.462. The maximum atomic E-state index is 11.2. The van der Waals surface area contributed by atoms with Gasteiger partial charge in [-0.05, 0) is 24.8 Å². The minimum absolute atomic E-state index is 0.386. The fourth-order valence-electron chi connectivity index (χ4n) is 1.67. The van der Waals surface area contributed by atoms with Crippen molar-refractivity contribution in [3.8, 4) is 0 Å². The topological polar surface area (TPSA) is 49.3 Å². The zero-order valence-corrected chi connectivity index (χ0v) is 11.1. The number of rotatable bonds is 7. The number of unbranched alkanes of at least 4 members (excludes halogenated alkanes) is 2. The van der Waals surface area contributed by atoms with E-state index in [0.29, 0.717) is 5.56 Å². The molecule has 0 aliphatic carbocycles. The number of carboxylic acid groups (broad SMARTS) is 1. The van der Waals surface area contributed by atoms with Crippen LogP contribution in [0.25, 0.3) is 0 Å². The lowest BCUT2D eigenvalue weighted by Crippen LogP contribution is -2.08. The number of hydrogen-bond donors (Lipinski definition) is 2. The van der Waals surface area contributed by atoms with Crippen LogP contribution in [0.15, 0.2) is 23.1 Å². The Morgan fingerprint density at radius 3 is 2.76 bits per heavy atom. The second-order valence-corrected chi connectivity index (χ2v) is 4.67. The Labute approximate surface area is 107 Å². The summed E-state index contributed by atoms with van der Waals surface area (Å²) in [5, 5.41) is 12.4. The fourth-order valence-corrected chi connectivity index (χ4v) is 2.28. The van der Waals surface area contributed by atoms with Gasteiger partial charge in [-0.2, -0.15) is 0 Å². The van der Waals surface area contributed by atoms with Gasteiger partial charge in [0.25, 0.3) is 0 Å². The van der Waals surface area contributed by atoms with Crippen LogP contribution in [-0.4, -0.2) is 23.9 Å². The SMILES string of the molecule is CCCCCNc1cccc(SC)c1C(=O)O. The second kappa shape index (κ2) is 7.22. The molecule has 0 radical (unpaired) electrons. The molecule has 0 spiro atoms. The average Bonchev–Trinajstić information content (AvgIpc) is 2.33. The zero-order chi connectivity index (χ0) is 12.7. The normalized spacial score (nSPS) is 10.2. The molecule has 4 heteroatoms. The first-order chi connectivity index (χ1) is 8.20. The van der Waals surface area contributed by atoms with Crippen LogP contribution in [0, 0.1) is 0 Å². The van der Waals surface area contributed by atoms with Crippen molar-refractivity contribution >= 4 is 23.4 Å². The maximum absolute atomic E-state index is 11.2. The molecular formula is C13H19NO2S. The third-order valence-electron chi connectivity index (χ3n) is 2.56. The lowest BCUT2D eigenvalue weighted by atomic mass is 10.1. The number of anilines is 1. The van der Waals surface area contributed by atoms with Gasteiger partial charge in [0.05, 0.1) is 5.56 Å². The number of carboxylic acids is 1. The first-order valence-corrected chi connectivity index (χ1v) is 7.07. The number of benzene rings is 1. The number of thioether (sulfide) groups is 1. The van der Waals surface area contributed by atoms with Crippen LogP contribution in [0.3, 0.4) is 0 Å². The monoisotopic (exact) mass is 253 g/mol. The molecule has 1 aromatic carbocycles. The van der Waals surface area contributed by atoms with Crippen molar-refractivity contribution in [2.75, 3.05) is 18.1 Å². The lowest BCUT2D eigenvalue weighted by molar-refractivity contribution is 0.0694. The van der Waals surface area contributed by atoms with Crippen molar-refractivity contribution in [1.29, 1.82) is 0 Å². The van der Waals surface area contributed by atoms with E-state index in [1.54, 1.807) is 0 Å². The average molecular weight is 253 g/mol. The van der Waals surface area contributed by atoms with Crippen LogP contribution in [0.1, 0.15) is 36.5 Å². The summed E-state index contributed by atoms with van der Waals surface area (Å²) in [6.07, 6.45) is 5.29. The van der Waals surface area contributed by atoms with Gasteiger partial charge in [-0.3, -0.25) is 0 Å². The Balaban J connectivity index is 2.79. The molecule has 0 bridgehead atoms. The molecule has 0 aromatic heterocycles. The Kier molecular flexibility index (Phi) is 5.91. The molecule has 0 aliphatic rings. The summed E-state index contributed by atoms with van der Waals surface area (Å²) in [4.78, 5) is 12.0. The van der Waals surface area contributed by atoms with E-state index in [1.807, 2.05) is 24.5 Å². The molecule has 0 unspecified atom stereocenters. The maximum Gasteiger partial charge on any atom is 0.338 e. The molecule has 0 saturated carbocycles. The predicted octanol–water partition coefficient (Wildman–Crippen LogP) is 3.71. The summed E-state index contributed by atoms with van der Waals surface area (Å²) in [5.41, 5.74) is 1.11. The van der Waals surface area contributed by atoms with Gasteiger partial charge in [-0.1, -0.05) is 25.8 Å². The highest BCUT2D eigenvalue weighted by Gasteiger charge is 2.14. The van der Waals surface area contributed by atoms with Gasteiger partial charge in [0, 0.05) is 17.1 Å². The van der Waals surface area contributed by atoms with Crippen molar-refractivity contribution in [2.45, 2.75) is 31.1 Å². The predicted molar refractivity (Wildman–Crippen MR) is 73.2 cm³/mol. The van der Waals surface area contributed by atoms with Crippen LogP contribution in [0.5, 0.6) is 0 Å². The molecule has 0 atom stereocenters. The number of nitrogens with one attached hydrogen (secondary N) is 1.